The van der Waals surface area contributed by atoms with Crippen molar-refractivity contribution in [3.05, 3.63) is 33.9 Å². The summed E-state index contributed by atoms with van der Waals surface area (Å²) in [5, 5.41) is 14.6. The average Bonchev–Trinajstić information content (AvgIpc) is 3.37. The summed E-state index contributed by atoms with van der Waals surface area (Å²) in [6.45, 7) is 5.18. The van der Waals surface area contributed by atoms with Gasteiger partial charge in [-0.2, -0.15) is 0 Å². The molecule has 146 valence electrons. The van der Waals surface area contributed by atoms with Crippen LogP contribution >= 0.6 is 0 Å². The van der Waals surface area contributed by atoms with Crippen molar-refractivity contribution in [2.24, 2.45) is 16.8 Å². The summed E-state index contributed by atoms with van der Waals surface area (Å²) < 4.78 is 11.1. The Hall–Kier alpha value is -2.35. The Morgan fingerprint density at radius 1 is 1.37 bits per heavy atom. The topological polar surface area (TPSA) is 89.2 Å². The van der Waals surface area contributed by atoms with E-state index in [-0.39, 0.29) is 11.4 Å². The molecule has 27 heavy (non-hydrogen) atoms. The van der Waals surface area contributed by atoms with E-state index in [0.717, 1.165) is 31.2 Å². The Labute approximate surface area is 158 Å². The number of methoxy groups -OCH3 is 1. The van der Waals surface area contributed by atoms with Crippen LogP contribution in [0.3, 0.4) is 0 Å². The number of aliphatic imine (C=N–C) groups is 1. The maximum absolute atomic E-state index is 11.2. The first-order chi connectivity index (χ1) is 13.1. The first kappa shape index (κ1) is 18.0. The monoisotopic (exact) mass is 374 g/mol. The van der Waals surface area contributed by atoms with E-state index in [2.05, 4.69) is 17.1 Å². The summed E-state index contributed by atoms with van der Waals surface area (Å²) in [7, 11) is 1.44. The van der Waals surface area contributed by atoms with Crippen LogP contribution in [0.1, 0.15) is 25.3 Å². The number of nitrogens with zero attached hydrogens (tertiary/aromatic N) is 3. The van der Waals surface area contributed by atoms with E-state index in [1.165, 1.54) is 20.0 Å². The lowest BCUT2D eigenvalue weighted by Gasteiger charge is -2.23. The van der Waals surface area contributed by atoms with Crippen molar-refractivity contribution in [3.8, 4) is 5.75 Å². The molecule has 3 fully saturated rings. The van der Waals surface area contributed by atoms with E-state index in [0.29, 0.717) is 30.6 Å². The molecule has 1 N–H and O–H groups in total. The summed E-state index contributed by atoms with van der Waals surface area (Å²) in [5.41, 5.74) is 0.764. The maximum Gasteiger partial charge on any atom is 0.311 e. The van der Waals surface area contributed by atoms with E-state index in [4.69, 9.17) is 14.5 Å². The van der Waals surface area contributed by atoms with Crippen LogP contribution in [0.15, 0.2) is 23.2 Å². The van der Waals surface area contributed by atoms with Crippen LogP contribution in [0.2, 0.25) is 0 Å². The Kier molecular flexibility index (Phi) is 4.90. The second kappa shape index (κ2) is 7.34. The molecule has 1 aromatic rings. The number of fused-ring (bicyclic) bond motifs is 5. The van der Waals surface area contributed by atoms with E-state index in [1.807, 2.05) is 6.07 Å². The molecule has 1 aromatic carbocycles. The van der Waals surface area contributed by atoms with Gasteiger partial charge in [-0.1, -0.05) is 6.07 Å². The molecule has 3 aliphatic rings. The van der Waals surface area contributed by atoms with E-state index in [9.17, 15) is 10.1 Å². The predicted octanol–water partition coefficient (Wildman–Crippen LogP) is 2.18. The van der Waals surface area contributed by atoms with E-state index < -0.39 is 4.92 Å². The van der Waals surface area contributed by atoms with Gasteiger partial charge in [-0.05, 0) is 31.4 Å². The number of nitro benzene ring substituents is 1. The highest BCUT2D eigenvalue weighted by molar-refractivity contribution is 5.80. The van der Waals surface area contributed by atoms with Gasteiger partial charge in [0.15, 0.2) is 11.7 Å². The molecule has 0 amide bonds. The van der Waals surface area contributed by atoms with Crippen molar-refractivity contribution in [1.29, 1.82) is 0 Å². The molecule has 4 atom stereocenters. The molecular formula is C19H26N4O4. The molecule has 4 rings (SSSR count). The number of likely N-dealkylation sites (tertiary alicyclic amines) is 1. The van der Waals surface area contributed by atoms with Gasteiger partial charge in [0.2, 0.25) is 0 Å². The van der Waals surface area contributed by atoms with Gasteiger partial charge in [0, 0.05) is 37.5 Å². The Bertz CT molecular complexity index is 735. The molecule has 0 saturated carbocycles. The van der Waals surface area contributed by atoms with Crippen LogP contribution < -0.4 is 10.1 Å². The first-order valence-corrected chi connectivity index (χ1v) is 9.60. The third kappa shape index (κ3) is 3.34. The molecule has 8 heteroatoms. The molecule has 0 spiro atoms. The molecule has 4 unspecified atom stereocenters. The molecule has 8 nitrogen and oxygen atoms in total. The van der Waals surface area contributed by atoms with Crippen molar-refractivity contribution < 1.29 is 14.4 Å². The van der Waals surface area contributed by atoms with Crippen molar-refractivity contribution in [3.63, 3.8) is 0 Å². The largest absolute Gasteiger partial charge is 0.490 e. The zero-order valence-electron chi connectivity index (χ0n) is 15.8. The summed E-state index contributed by atoms with van der Waals surface area (Å²) in [5.74, 6) is 2.36. The summed E-state index contributed by atoms with van der Waals surface area (Å²) in [4.78, 5) is 17.9. The molecular weight excluding hydrogens is 348 g/mol. The lowest BCUT2D eigenvalue weighted by molar-refractivity contribution is -0.385. The van der Waals surface area contributed by atoms with Gasteiger partial charge in [-0.15, -0.1) is 0 Å². The number of ether oxygens (including phenoxy) is 2. The van der Waals surface area contributed by atoms with Crippen LogP contribution in [0.5, 0.6) is 5.75 Å². The molecule has 2 bridgehead atoms. The Morgan fingerprint density at radius 2 is 2.07 bits per heavy atom. The fraction of sp³-hybridized carbons (Fsp3) is 0.632. The highest BCUT2D eigenvalue weighted by Gasteiger charge is 2.53. The quantitative estimate of drug-likeness (QED) is 0.368. The third-order valence-electron chi connectivity index (χ3n) is 5.94. The van der Waals surface area contributed by atoms with Crippen LogP contribution in [0.25, 0.3) is 0 Å². The predicted molar refractivity (Wildman–Crippen MR) is 101 cm³/mol. The minimum atomic E-state index is -0.422. The number of rotatable bonds is 5. The number of hydrogen-bond acceptors (Lipinski definition) is 5. The SMILES string of the molecule is CCNC(=NCc1ccc(OC)c([N+](=O)[O-])c1)N1CC2C3CCC(O3)C2C1. The zero-order valence-corrected chi connectivity index (χ0v) is 15.8. The van der Waals surface area contributed by atoms with Crippen LogP contribution in [-0.2, 0) is 11.3 Å². The first-order valence-electron chi connectivity index (χ1n) is 9.60. The van der Waals surface area contributed by atoms with Crippen LogP contribution in [-0.4, -0.2) is 54.7 Å². The van der Waals surface area contributed by atoms with Gasteiger partial charge >= 0.3 is 5.69 Å². The number of hydrogen-bond donors (Lipinski definition) is 1. The second-order valence-corrected chi connectivity index (χ2v) is 7.46. The van der Waals surface area contributed by atoms with Crippen molar-refractivity contribution >= 4 is 11.6 Å². The average molecular weight is 374 g/mol. The van der Waals surface area contributed by atoms with Gasteiger partial charge < -0.3 is 19.7 Å². The molecule has 0 aliphatic carbocycles. The van der Waals surface area contributed by atoms with Gasteiger partial charge in [0.1, 0.15) is 0 Å². The fourth-order valence-electron chi connectivity index (χ4n) is 4.70. The standard InChI is InChI=1S/C19H26N4O4/c1-3-20-19(22-10-13-14(11-22)17-7-6-16(13)27-17)21-9-12-4-5-18(26-2)15(8-12)23(24)25/h4-5,8,13-14,16-17H,3,6-7,9-11H2,1-2H3,(H,20,21). The van der Waals surface area contributed by atoms with E-state index in [1.54, 1.807) is 12.1 Å². The molecule has 0 aromatic heterocycles. The summed E-state index contributed by atoms with van der Waals surface area (Å²) in [6, 6.07) is 5.00. The van der Waals surface area contributed by atoms with Gasteiger partial charge in [-0.25, -0.2) is 4.99 Å². The maximum atomic E-state index is 11.2. The number of guanidine groups is 1. The van der Waals surface area contributed by atoms with E-state index >= 15 is 0 Å². The Morgan fingerprint density at radius 3 is 2.67 bits per heavy atom. The second-order valence-electron chi connectivity index (χ2n) is 7.46. The molecule has 3 heterocycles. The van der Waals surface area contributed by atoms with Crippen LogP contribution in [0.4, 0.5) is 5.69 Å². The zero-order chi connectivity index (χ0) is 19.0. The van der Waals surface area contributed by atoms with Crippen LogP contribution in [0, 0.1) is 22.0 Å². The van der Waals surface area contributed by atoms with Gasteiger partial charge in [0.05, 0.1) is 30.8 Å². The minimum Gasteiger partial charge on any atom is -0.490 e. The summed E-state index contributed by atoms with van der Waals surface area (Å²) in [6.07, 6.45) is 3.19. The number of nitrogens with one attached hydrogen (secondary N) is 1. The molecule has 3 aliphatic heterocycles. The van der Waals surface area contributed by atoms with Crippen molar-refractivity contribution in [1.82, 2.24) is 10.2 Å². The smallest absolute Gasteiger partial charge is 0.311 e. The third-order valence-corrected chi connectivity index (χ3v) is 5.94. The minimum absolute atomic E-state index is 0.0281. The molecule has 0 radical (unpaired) electrons. The Balaban J connectivity index is 1.49. The number of nitro groups is 1. The lowest BCUT2D eigenvalue weighted by atomic mass is 9.82. The highest BCUT2D eigenvalue weighted by atomic mass is 16.6. The molecule has 3 saturated heterocycles. The van der Waals surface area contributed by atoms with Crippen molar-refractivity contribution in [2.45, 2.75) is 38.5 Å². The number of benzene rings is 1. The lowest BCUT2D eigenvalue weighted by Crippen LogP contribution is -2.41. The highest BCUT2D eigenvalue weighted by Crippen LogP contribution is 2.47. The normalized spacial score (nSPS) is 29.1. The van der Waals surface area contributed by atoms with Gasteiger partial charge in [-0.3, -0.25) is 10.1 Å². The fourth-order valence-corrected chi connectivity index (χ4v) is 4.70. The van der Waals surface area contributed by atoms with Gasteiger partial charge in [0.25, 0.3) is 0 Å². The van der Waals surface area contributed by atoms with Crippen molar-refractivity contribution in [2.75, 3.05) is 26.7 Å². The summed E-state index contributed by atoms with van der Waals surface area (Å²) >= 11 is 0.